The summed E-state index contributed by atoms with van der Waals surface area (Å²) in [7, 11) is 1.62. The minimum Gasteiger partial charge on any atom is -0.497 e. The van der Waals surface area contributed by atoms with Gasteiger partial charge in [0.1, 0.15) is 17.3 Å². The molecule has 0 saturated carbocycles. The van der Waals surface area contributed by atoms with Crippen LogP contribution in [0, 0.1) is 12.7 Å². The number of carbonyl (C=O) groups excluding carboxylic acids is 1. The fraction of sp³-hybridized carbons (Fsp3) is 0.200. The number of hydrogen-bond acceptors (Lipinski definition) is 5. The summed E-state index contributed by atoms with van der Waals surface area (Å²) in [6.45, 7) is 3.58. The van der Waals surface area contributed by atoms with Crippen molar-refractivity contribution in [1.29, 1.82) is 0 Å². The van der Waals surface area contributed by atoms with Crippen LogP contribution in [0.4, 0.5) is 9.52 Å². The van der Waals surface area contributed by atoms with Crippen molar-refractivity contribution in [3.8, 4) is 22.8 Å². The van der Waals surface area contributed by atoms with Crippen molar-refractivity contribution in [2.24, 2.45) is 0 Å². The number of benzene rings is 2. The number of nitrogens with zero attached hydrogens (tertiary/aromatic N) is 1. The van der Waals surface area contributed by atoms with Crippen molar-refractivity contribution >= 4 is 22.4 Å². The normalized spacial score (nSPS) is 11.7. The van der Waals surface area contributed by atoms with Gasteiger partial charge < -0.3 is 9.47 Å². The SMILES string of the molecule is COc1ccc(-c2nc(NC(=O)C(C)Oc3ccc(F)cc3)sc2C)cc1. The predicted octanol–water partition coefficient (Wildman–Crippen LogP) is 4.67. The molecule has 0 radical (unpaired) electrons. The number of aryl methyl sites for hydroxylation is 1. The van der Waals surface area contributed by atoms with Gasteiger partial charge in [-0.25, -0.2) is 9.37 Å². The number of rotatable bonds is 6. The molecule has 27 heavy (non-hydrogen) atoms. The predicted molar refractivity (Wildman–Crippen MR) is 104 cm³/mol. The summed E-state index contributed by atoms with van der Waals surface area (Å²) in [5, 5.41) is 3.27. The van der Waals surface area contributed by atoms with Gasteiger partial charge in [-0.3, -0.25) is 10.1 Å². The lowest BCUT2D eigenvalue weighted by molar-refractivity contribution is -0.122. The minimum absolute atomic E-state index is 0.325. The molecule has 0 aliphatic rings. The molecule has 5 nitrogen and oxygen atoms in total. The van der Waals surface area contributed by atoms with Crippen LogP contribution in [-0.4, -0.2) is 24.1 Å². The third-order valence-corrected chi connectivity index (χ3v) is 4.77. The molecule has 3 rings (SSSR count). The molecule has 1 heterocycles. The van der Waals surface area contributed by atoms with Crippen LogP contribution >= 0.6 is 11.3 Å². The van der Waals surface area contributed by atoms with E-state index in [0.717, 1.165) is 21.9 Å². The van der Waals surface area contributed by atoms with Gasteiger partial charge >= 0.3 is 0 Å². The molecule has 2 aromatic carbocycles. The van der Waals surface area contributed by atoms with E-state index >= 15 is 0 Å². The Hall–Kier alpha value is -2.93. The van der Waals surface area contributed by atoms with E-state index in [1.54, 1.807) is 14.0 Å². The van der Waals surface area contributed by atoms with Crippen molar-refractivity contribution in [1.82, 2.24) is 4.98 Å². The van der Waals surface area contributed by atoms with Crippen LogP contribution in [0.5, 0.6) is 11.5 Å². The molecule has 0 aliphatic heterocycles. The van der Waals surface area contributed by atoms with Gasteiger partial charge in [-0.1, -0.05) is 0 Å². The third-order valence-electron chi connectivity index (χ3n) is 3.89. The van der Waals surface area contributed by atoms with E-state index in [9.17, 15) is 9.18 Å². The van der Waals surface area contributed by atoms with Gasteiger partial charge in [0, 0.05) is 10.4 Å². The number of nitrogens with one attached hydrogen (secondary N) is 1. The van der Waals surface area contributed by atoms with Crippen LogP contribution < -0.4 is 14.8 Å². The highest BCUT2D eigenvalue weighted by Crippen LogP contribution is 2.31. The number of halogens is 1. The third kappa shape index (κ3) is 4.62. The summed E-state index contributed by atoms with van der Waals surface area (Å²) in [6, 6.07) is 13.1. The second-order valence-electron chi connectivity index (χ2n) is 5.86. The van der Waals surface area contributed by atoms with Gasteiger partial charge in [0.2, 0.25) is 0 Å². The van der Waals surface area contributed by atoms with E-state index in [-0.39, 0.29) is 11.7 Å². The molecule has 0 saturated heterocycles. The number of methoxy groups -OCH3 is 1. The lowest BCUT2D eigenvalue weighted by atomic mass is 10.1. The maximum absolute atomic E-state index is 12.9. The number of thiazole rings is 1. The number of aromatic nitrogens is 1. The van der Waals surface area contributed by atoms with E-state index < -0.39 is 6.10 Å². The number of anilines is 1. The molecule has 3 aromatic rings. The van der Waals surface area contributed by atoms with Crippen molar-refractivity contribution in [2.45, 2.75) is 20.0 Å². The topological polar surface area (TPSA) is 60.5 Å². The number of carbonyl (C=O) groups is 1. The molecule has 140 valence electrons. The molecule has 1 aromatic heterocycles. The quantitative estimate of drug-likeness (QED) is 0.669. The smallest absolute Gasteiger partial charge is 0.266 e. The van der Waals surface area contributed by atoms with E-state index in [4.69, 9.17) is 9.47 Å². The average molecular weight is 386 g/mol. The number of amides is 1. The summed E-state index contributed by atoms with van der Waals surface area (Å²) in [4.78, 5) is 17.9. The van der Waals surface area contributed by atoms with Crippen molar-refractivity contribution < 1.29 is 18.7 Å². The first-order valence-corrected chi connectivity index (χ1v) is 9.13. The Bertz CT molecular complexity index is 923. The molecule has 1 atom stereocenters. The van der Waals surface area contributed by atoms with E-state index in [1.807, 2.05) is 31.2 Å². The highest BCUT2D eigenvalue weighted by Gasteiger charge is 2.18. The Labute approximate surface area is 160 Å². The van der Waals surface area contributed by atoms with Crippen molar-refractivity contribution in [2.75, 3.05) is 12.4 Å². The zero-order chi connectivity index (χ0) is 19.4. The summed E-state index contributed by atoms with van der Waals surface area (Å²) in [5.41, 5.74) is 1.76. The standard InChI is InChI=1S/C20H19FN2O3S/c1-12(26-17-10-6-15(21)7-11-17)19(24)23-20-22-18(13(2)27-20)14-4-8-16(25-3)9-5-14/h4-12H,1-3H3,(H,22,23,24). The zero-order valence-corrected chi connectivity index (χ0v) is 16.0. The van der Waals surface area contributed by atoms with Crippen LogP contribution in [0.25, 0.3) is 11.3 Å². The fourth-order valence-corrected chi connectivity index (χ4v) is 3.28. The van der Waals surface area contributed by atoms with E-state index in [0.29, 0.717) is 10.9 Å². The van der Waals surface area contributed by atoms with Gasteiger partial charge in [0.25, 0.3) is 5.91 Å². The van der Waals surface area contributed by atoms with Gasteiger partial charge in [-0.05, 0) is 62.4 Å². The molecule has 1 amide bonds. The Balaban J connectivity index is 1.68. The Morgan fingerprint density at radius 3 is 2.37 bits per heavy atom. The maximum atomic E-state index is 12.9. The van der Waals surface area contributed by atoms with E-state index in [1.165, 1.54) is 35.6 Å². The zero-order valence-electron chi connectivity index (χ0n) is 15.2. The number of hydrogen-bond donors (Lipinski definition) is 1. The van der Waals surface area contributed by atoms with Crippen LogP contribution in [0.15, 0.2) is 48.5 Å². The molecule has 0 fully saturated rings. The lowest BCUT2D eigenvalue weighted by Gasteiger charge is -2.13. The molecule has 7 heteroatoms. The first-order valence-electron chi connectivity index (χ1n) is 8.31. The van der Waals surface area contributed by atoms with Crippen molar-refractivity contribution in [3.05, 3.63) is 59.2 Å². The summed E-state index contributed by atoms with van der Waals surface area (Å²) in [6.07, 6.45) is -0.746. The molecular formula is C20H19FN2O3S. The van der Waals surface area contributed by atoms with Crippen LogP contribution in [0.1, 0.15) is 11.8 Å². The average Bonchev–Trinajstić information content (AvgIpc) is 3.03. The minimum atomic E-state index is -0.746. The largest absolute Gasteiger partial charge is 0.497 e. The van der Waals surface area contributed by atoms with Gasteiger partial charge in [0.05, 0.1) is 12.8 Å². The Morgan fingerprint density at radius 2 is 1.74 bits per heavy atom. The lowest BCUT2D eigenvalue weighted by Crippen LogP contribution is -2.30. The summed E-state index contributed by atoms with van der Waals surface area (Å²) < 4.78 is 23.6. The van der Waals surface area contributed by atoms with Gasteiger partial charge in [-0.2, -0.15) is 0 Å². The fourth-order valence-electron chi connectivity index (χ4n) is 2.44. The number of ether oxygens (including phenoxy) is 2. The molecule has 0 aliphatic carbocycles. The van der Waals surface area contributed by atoms with Crippen LogP contribution in [0.2, 0.25) is 0 Å². The van der Waals surface area contributed by atoms with Gasteiger partial charge in [-0.15, -0.1) is 11.3 Å². The van der Waals surface area contributed by atoms with E-state index in [2.05, 4.69) is 10.3 Å². The molecule has 1 unspecified atom stereocenters. The first kappa shape index (κ1) is 18.8. The highest BCUT2D eigenvalue weighted by molar-refractivity contribution is 7.16. The van der Waals surface area contributed by atoms with Crippen LogP contribution in [0.3, 0.4) is 0 Å². The summed E-state index contributed by atoms with van der Waals surface area (Å²) in [5.74, 6) is 0.512. The Morgan fingerprint density at radius 1 is 1.11 bits per heavy atom. The van der Waals surface area contributed by atoms with Gasteiger partial charge in [0.15, 0.2) is 11.2 Å². The molecule has 0 spiro atoms. The first-order chi connectivity index (χ1) is 13.0. The van der Waals surface area contributed by atoms with Crippen LogP contribution in [-0.2, 0) is 4.79 Å². The second kappa shape index (κ2) is 8.18. The van der Waals surface area contributed by atoms with Crippen molar-refractivity contribution in [3.63, 3.8) is 0 Å². The second-order valence-corrected chi connectivity index (χ2v) is 7.06. The molecule has 0 bridgehead atoms. The monoisotopic (exact) mass is 386 g/mol. The highest BCUT2D eigenvalue weighted by atomic mass is 32.1. The molecular weight excluding hydrogens is 367 g/mol. The maximum Gasteiger partial charge on any atom is 0.266 e. The Kier molecular flexibility index (Phi) is 5.71. The molecule has 1 N–H and O–H groups in total. The summed E-state index contributed by atoms with van der Waals surface area (Å²) >= 11 is 1.39.